The van der Waals surface area contributed by atoms with Crippen LogP contribution in [-0.4, -0.2) is 23.1 Å². The van der Waals surface area contributed by atoms with E-state index in [1.165, 1.54) is 32.1 Å². The summed E-state index contributed by atoms with van der Waals surface area (Å²) < 4.78 is 0. The van der Waals surface area contributed by atoms with Crippen LogP contribution in [0.2, 0.25) is 0 Å². The minimum atomic E-state index is 0.393. The molecule has 1 saturated heterocycles. The summed E-state index contributed by atoms with van der Waals surface area (Å²) in [4.78, 5) is 7.12. The average Bonchev–Trinajstić information content (AvgIpc) is 2.65. The Hall–Kier alpha value is -1.16. The van der Waals surface area contributed by atoms with E-state index in [0.717, 1.165) is 30.4 Å². The number of hydrogen-bond donors (Lipinski definition) is 1. The molecule has 2 heterocycles. The maximum Gasteiger partial charge on any atom is 0.124 e. The summed E-state index contributed by atoms with van der Waals surface area (Å²) in [7, 11) is 0. The SMILES string of the molecule is CCCC1CCCN(c2cccnc2C(N)=S)CC1. The Morgan fingerprint density at radius 3 is 3.05 bits per heavy atom. The second kappa shape index (κ2) is 6.85. The van der Waals surface area contributed by atoms with Crippen molar-refractivity contribution in [3.05, 3.63) is 24.0 Å². The first-order valence-corrected chi connectivity index (χ1v) is 7.63. The molecular weight excluding hydrogens is 254 g/mol. The van der Waals surface area contributed by atoms with E-state index in [-0.39, 0.29) is 0 Å². The molecule has 0 spiro atoms. The van der Waals surface area contributed by atoms with Gasteiger partial charge in [0.15, 0.2) is 0 Å². The highest BCUT2D eigenvalue weighted by molar-refractivity contribution is 7.80. The van der Waals surface area contributed by atoms with Crippen molar-refractivity contribution in [2.24, 2.45) is 11.7 Å². The van der Waals surface area contributed by atoms with Crippen LogP contribution >= 0.6 is 12.2 Å². The third kappa shape index (κ3) is 3.66. The minimum absolute atomic E-state index is 0.393. The highest BCUT2D eigenvalue weighted by Gasteiger charge is 2.19. The molecule has 0 aromatic carbocycles. The number of thiocarbonyl (C=S) groups is 1. The molecular formula is C15H23N3S. The zero-order valence-electron chi connectivity index (χ0n) is 11.6. The summed E-state index contributed by atoms with van der Waals surface area (Å²) in [6.45, 7) is 4.45. The Labute approximate surface area is 121 Å². The molecule has 1 aliphatic heterocycles. The lowest BCUT2D eigenvalue weighted by Gasteiger charge is -2.24. The van der Waals surface area contributed by atoms with Crippen LogP contribution in [0.25, 0.3) is 0 Å². The maximum atomic E-state index is 5.78. The molecule has 0 radical (unpaired) electrons. The number of nitrogens with zero attached hydrogens (tertiary/aromatic N) is 2. The zero-order chi connectivity index (χ0) is 13.7. The largest absolute Gasteiger partial charge is 0.388 e. The van der Waals surface area contributed by atoms with Crippen LogP contribution in [0, 0.1) is 5.92 Å². The van der Waals surface area contributed by atoms with E-state index in [0.29, 0.717) is 4.99 Å². The number of anilines is 1. The third-order valence-corrected chi connectivity index (χ3v) is 4.10. The van der Waals surface area contributed by atoms with Crippen molar-refractivity contribution >= 4 is 22.9 Å². The molecule has 1 aromatic heterocycles. The van der Waals surface area contributed by atoms with Gasteiger partial charge in [-0.1, -0.05) is 32.0 Å². The van der Waals surface area contributed by atoms with Gasteiger partial charge in [-0.2, -0.15) is 0 Å². The zero-order valence-corrected chi connectivity index (χ0v) is 12.5. The van der Waals surface area contributed by atoms with Crippen LogP contribution in [0.15, 0.2) is 18.3 Å². The first kappa shape index (κ1) is 14.3. The van der Waals surface area contributed by atoms with Gasteiger partial charge in [-0.25, -0.2) is 0 Å². The quantitative estimate of drug-likeness (QED) is 0.859. The lowest BCUT2D eigenvalue weighted by atomic mass is 9.96. The minimum Gasteiger partial charge on any atom is -0.388 e. The lowest BCUT2D eigenvalue weighted by Crippen LogP contribution is -2.27. The molecule has 0 bridgehead atoms. The molecule has 2 rings (SSSR count). The predicted octanol–water partition coefficient (Wildman–Crippen LogP) is 3.12. The van der Waals surface area contributed by atoms with Crippen molar-refractivity contribution in [2.45, 2.75) is 39.0 Å². The van der Waals surface area contributed by atoms with Gasteiger partial charge >= 0.3 is 0 Å². The molecule has 4 heteroatoms. The highest BCUT2D eigenvalue weighted by Crippen LogP contribution is 2.26. The van der Waals surface area contributed by atoms with Gasteiger partial charge in [0.05, 0.1) is 5.69 Å². The third-order valence-electron chi connectivity index (χ3n) is 3.91. The molecule has 1 aliphatic rings. The Morgan fingerprint density at radius 1 is 1.47 bits per heavy atom. The van der Waals surface area contributed by atoms with Crippen molar-refractivity contribution in [1.82, 2.24) is 4.98 Å². The predicted molar refractivity (Wildman–Crippen MR) is 84.6 cm³/mol. The van der Waals surface area contributed by atoms with Gasteiger partial charge in [-0.3, -0.25) is 4.98 Å². The average molecular weight is 277 g/mol. The summed E-state index contributed by atoms with van der Waals surface area (Å²) in [6, 6.07) is 4.05. The van der Waals surface area contributed by atoms with Gasteiger partial charge < -0.3 is 10.6 Å². The molecule has 3 nitrogen and oxygen atoms in total. The molecule has 1 atom stereocenters. The van der Waals surface area contributed by atoms with Crippen LogP contribution in [-0.2, 0) is 0 Å². The lowest BCUT2D eigenvalue weighted by molar-refractivity contribution is 0.435. The molecule has 19 heavy (non-hydrogen) atoms. The van der Waals surface area contributed by atoms with Crippen LogP contribution in [0.3, 0.4) is 0 Å². The monoisotopic (exact) mass is 277 g/mol. The van der Waals surface area contributed by atoms with Crippen LogP contribution in [0.1, 0.15) is 44.7 Å². The number of hydrogen-bond acceptors (Lipinski definition) is 3. The molecule has 2 N–H and O–H groups in total. The van der Waals surface area contributed by atoms with Crippen molar-refractivity contribution < 1.29 is 0 Å². The van der Waals surface area contributed by atoms with Crippen LogP contribution in [0.4, 0.5) is 5.69 Å². The van der Waals surface area contributed by atoms with Crippen molar-refractivity contribution in [3.8, 4) is 0 Å². The summed E-state index contributed by atoms with van der Waals surface area (Å²) in [5.74, 6) is 0.875. The van der Waals surface area contributed by atoms with Gasteiger partial charge in [0.1, 0.15) is 10.7 Å². The van der Waals surface area contributed by atoms with Crippen LogP contribution < -0.4 is 10.6 Å². The first-order chi connectivity index (χ1) is 9.22. The smallest absolute Gasteiger partial charge is 0.124 e. The van der Waals surface area contributed by atoms with Crippen molar-refractivity contribution in [3.63, 3.8) is 0 Å². The van der Waals surface area contributed by atoms with E-state index in [9.17, 15) is 0 Å². The molecule has 1 fully saturated rings. The fourth-order valence-electron chi connectivity index (χ4n) is 2.95. The van der Waals surface area contributed by atoms with Gasteiger partial charge in [0.2, 0.25) is 0 Å². The Balaban J connectivity index is 2.12. The molecule has 0 saturated carbocycles. The molecule has 1 aromatic rings. The van der Waals surface area contributed by atoms with E-state index >= 15 is 0 Å². The Kier molecular flexibility index (Phi) is 5.14. The summed E-state index contributed by atoms with van der Waals surface area (Å²) in [5.41, 5.74) is 7.65. The van der Waals surface area contributed by atoms with Gasteiger partial charge in [0.25, 0.3) is 0 Å². The molecule has 0 aliphatic carbocycles. The molecule has 0 amide bonds. The number of aromatic nitrogens is 1. The van der Waals surface area contributed by atoms with E-state index in [1.807, 2.05) is 6.07 Å². The van der Waals surface area contributed by atoms with E-state index in [1.54, 1.807) is 6.20 Å². The van der Waals surface area contributed by atoms with Crippen molar-refractivity contribution in [2.75, 3.05) is 18.0 Å². The summed E-state index contributed by atoms with van der Waals surface area (Å²) in [5, 5.41) is 0. The first-order valence-electron chi connectivity index (χ1n) is 7.22. The van der Waals surface area contributed by atoms with Gasteiger partial charge in [0, 0.05) is 19.3 Å². The van der Waals surface area contributed by atoms with Crippen LogP contribution in [0.5, 0.6) is 0 Å². The van der Waals surface area contributed by atoms with E-state index < -0.39 is 0 Å². The second-order valence-electron chi connectivity index (χ2n) is 5.31. The summed E-state index contributed by atoms with van der Waals surface area (Å²) >= 11 is 5.11. The second-order valence-corrected chi connectivity index (χ2v) is 5.75. The molecule has 1 unspecified atom stereocenters. The van der Waals surface area contributed by atoms with E-state index in [4.69, 9.17) is 18.0 Å². The van der Waals surface area contributed by atoms with Gasteiger partial charge in [-0.05, 0) is 37.3 Å². The fraction of sp³-hybridized carbons (Fsp3) is 0.600. The van der Waals surface area contributed by atoms with Crippen molar-refractivity contribution in [1.29, 1.82) is 0 Å². The number of rotatable bonds is 4. The molecule has 104 valence electrons. The fourth-order valence-corrected chi connectivity index (χ4v) is 3.10. The Morgan fingerprint density at radius 2 is 2.32 bits per heavy atom. The highest BCUT2D eigenvalue weighted by atomic mass is 32.1. The maximum absolute atomic E-state index is 5.78. The standard InChI is InChI=1S/C15H23N3S/c1-2-5-12-6-4-10-18(11-8-12)13-7-3-9-17-14(13)15(16)19/h3,7,9,12H,2,4-6,8,10-11H2,1H3,(H2,16,19). The topological polar surface area (TPSA) is 42.2 Å². The van der Waals surface area contributed by atoms with Gasteiger partial charge in [-0.15, -0.1) is 0 Å². The normalized spacial score (nSPS) is 20.1. The number of pyridine rings is 1. The summed E-state index contributed by atoms with van der Waals surface area (Å²) in [6.07, 6.45) is 8.25. The van der Waals surface area contributed by atoms with E-state index in [2.05, 4.69) is 22.9 Å². The number of nitrogens with two attached hydrogens (primary N) is 1. The Bertz CT molecular complexity index is 433.